The van der Waals surface area contributed by atoms with Gasteiger partial charge in [-0.15, -0.1) is 6.42 Å². The molecule has 0 aliphatic carbocycles. The number of hydrazone groups is 1. The third kappa shape index (κ3) is 5.38. The molecule has 2 rings (SSSR count). The van der Waals surface area contributed by atoms with Crippen LogP contribution in [0.1, 0.15) is 22.3 Å². The quantitative estimate of drug-likeness (QED) is 0.474. The van der Waals surface area contributed by atoms with Gasteiger partial charge in [-0.25, -0.2) is 5.43 Å². The number of carbonyl (C=O) groups is 1. The fourth-order valence-corrected chi connectivity index (χ4v) is 2.44. The summed E-state index contributed by atoms with van der Waals surface area (Å²) in [6, 6.07) is 11.3. The van der Waals surface area contributed by atoms with E-state index in [4.69, 9.17) is 15.9 Å². The van der Waals surface area contributed by atoms with E-state index in [9.17, 15) is 4.79 Å². The van der Waals surface area contributed by atoms with E-state index in [2.05, 4.69) is 22.5 Å². The van der Waals surface area contributed by atoms with Crippen molar-refractivity contribution in [2.24, 2.45) is 5.10 Å². The highest BCUT2D eigenvalue weighted by Crippen LogP contribution is 2.27. The number of aryl methyl sites for hydroxylation is 2. The third-order valence-corrected chi connectivity index (χ3v) is 3.75. The molecule has 1 N–H and O–H groups in total. The maximum Gasteiger partial charge on any atom is 0.244 e. The molecule has 0 atom stereocenters. The van der Waals surface area contributed by atoms with Crippen LogP contribution < -0.4 is 14.9 Å². The topological polar surface area (TPSA) is 59.9 Å². The summed E-state index contributed by atoms with van der Waals surface area (Å²) >= 11 is 0. The number of ether oxygens (including phenoxy) is 2. The van der Waals surface area contributed by atoms with Gasteiger partial charge in [-0.05, 0) is 48.7 Å². The molecule has 0 heterocycles. The Morgan fingerprint density at radius 2 is 2.04 bits per heavy atom. The van der Waals surface area contributed by atoms with E-state index in [0.717, 1.165) is 16.7 Å². The summed E-state index contributed by atoms with van der Waals surface area (Å²) in [5, 5.41) is 4.00. The highest BCUT2D eigenvalue weighted by atomic mass is 16.5. The van der Waals surface area contributed by atoms with Crippen molar-refractivity contribution < 1.29 is 14.3 Å². The van der Waals surface area contributed by atoms with Crippen molar-refractivity contribution in [2.45, 2.75) is 20.3 Å². The lowest BCUT2D eigenvalue weighted by atomic mass is 10.0. The van der Waals surface area contributed by atoms with Crippen molar-refractivity contribution in [1.29, 1.82) is 0 Å². The molecule has 2 aromatic carbocycles. The van der Waals surface area contributed by atoms with Gasteiger partial charge in [0.1, 0.15) is 6.61 Å². The van der Waals surface area contributed by atoms with E-state index in [-0.39, 0.29) is 18.9 Å². The average Bonchev–Trinajstić information content (AvgIpc) is 2.62. The summed E-state index contributed by atoms with van der Waals surface area (Å²) in [7, 11) is 1.55. The number of nitrogens with zero attached hydrogens (tertiary/aromatic N) is 1. The lowest BCUT2D eigenvalue weighted by Gasteiger charge is -2.09. The number of rotatable bonds is 7. The summed E-state index contributed by atoms with van der Waals surface area (Å²) in [6.07, 6.45) is 7.02. The van der Waals surface area contributed by atoms with Gasteiger partial charge in [0.15, 0.2) is 11.5 Å². The Balaban J connectivity index is 1.97. The van der Waals surface area contributed by atoms with Crippen molar-refractivity contribution in [3.63, 3.8) is 0 Å². The number of hydrogen-bond donors (Lipinski definition) is 1. The number of hydrogen-bond acceptors (Lipinski definition) is 4. The molecule has 0 saturated carbocycles. The van der Waals surface area contributed by atoms with Crippen LogP contribution in [0.15, 0.2) is 41.5 Å². The Morgan fingerprint density at radius 1 is 1.23 bits per heavy atom. The predicted molar refractivity (Wildman–Crippen MR) is 103 cm³/mol. The van der Waals surface area contributed by atoms with Crippen LogP contribution in [0.4, 0.5) is 0 Å². The first-order chi connectivity index (χ1) is 12.5. The van der Waals surface area contributed by atoms with Gasteiger partial charge >= 0.3 is 0 Å². The molecular formula is C21H22N2O3. The number of benzene rings is 2. The predicted octanol–water partition coefficient (Wildman–Crippen LogP) is 3.02. The monoisotopic (exact) mass is 350 g/mol. The maximum atomic E-state index is 12.0. The molecule has 0 aliphatic rings. The maximum absolute atomic E-state index is 12.0. The van der Waals surface area contributed by atoms with Crippen LogP contribution in [0, 0.1) is 26.2 Å². The molecule has 5 nitrogen and oxygen atoms in total. The largest absolute Gasteiger partial charge is 0.493 e. The highest BCUT2D eigenvalue weighted by Gasteiger charge is 2.06. The molecule has 0 bridgehead atoms. The summed E-state index contributed by atoms with van der Waals surface area (Å²) in [4.78, 5) is 12.0. The fraction of sp³-hybridized carbons (Fsp3) is 0.238. The molecule has 26 heavy (non-hydrogen) atoms. The standard InChI is InChI=1S/C21H22N2O3/c1-5-10-26-19-9-7-17(12-20(19)25-4)14-22-23-21(24)13-18-8-6-15(2)11-16(18)3/h1,6-9,11-12,14H,10,13H2,2-4H3,(H,23,24)/b22-14-. The number of nitrogens with one attached hydrogen (secondary N) is 1. The van der Waals surface area contributed by atoms with Gasteiger partial charge in [0.2, 0.25) is 5.91 Å². The minimum atomic E-state index is -0.172. The second kappa shape index (κ2) is 9.28. The van der Waals surface area contributed by atoms with Gasteiger partial charge < -0.3 is 9.47 Å². The van der Waals surface area contributed by atoms with Crippen molar-refractivity contribution in [2.75, 3.05) is 13.7 Å². The Kier molecular flexibility index (Phi) is 6.81. The summed E-state index contributed by atoms with van der Waals surface area (Å²) in [5.41, 5.74) is 6.56. The zero-order valence-electron chi connectivity index (χ0n) is 15.2. The molecule has 0 fully saturated rings. The van der Waals surface area contributed by atoms with E-state index in [1.165, 1.54) is 5.56 Å². The second-order valence-electron chi connectivity index (χ2n) is 5.80. The number of carbonyl (C=O) groups excluding carboxylic acids is 1. The van der Waals surface area contributed by atoms with Gasteiger partial charge in [0.25, 0.3) is 0 Å². The Bertz CT molecular complexity index is 851. The normalized spacial score (nSPS) is 10.4. The molecule has 2 aromatic rings. The first-order valence-electron chi connectivity index (χ1n) is 8.16. The first kappa shape index (κ1) is 19.1. The van der Waals surface area contributed by atoms with Crippen LogP contribution in [-0.4, -0.2) is 25.8 Å². The minimum Gasteiger partial charge on any atom is -0.493 e. The van der Waals surface area contributed by atoms with Crippen LogP contribution in [0.3, 0.4) is 0 Å². The third-order valence-electron chi connectivity index (χ3n) is 3.75. The van der Waals surface area contributed by atoms with Gasteiger partial charge in [-0.1, -0.05) is 29.7 Å². The fourth-order valence-electron chi connectivity index (χ4n) is 2.44. The summed E-state index contributed by atoms with van der Waals surface area (Å²) in [6.45, 7) is 4.19. The molecule has 0 unspecified atom stereocenters. The SMILES string of the molecule is C#CCOc1ccc(/C=N\NC(=O)Cc2ccc(C)cc2C)cc1OC. The van der Waals surface area contributed by atoms with Gasteiger partial charge in [-0.2, -0.15) is 5.10 Å². The highest BCUT2D eigenvalue weighted by molar-refractivity contribution is 5.84. The van der Waals surface area contributed by atoms with Crippen molar-refractivity contribution in [3.8, 4) is 23.8 Å². The van der Waals surface area contributed by atoms with Crippen LogP contribution >= 0.6 is 0 Å². The zero-order valence-corrected chi connectivity index (χ0v) is 15.2. The molecule has 0 saturated heterocycles. The van der Waals surface area contributed by atoms with Gasteiger partial charge in [0.05, 0.1) is 19.7 Å². The van der Waals surface area contributed by atoms with E-state index < -0.39 is 0 Å². The van der Waals surface area contributed by atoms with Gasteiger partial charge in [0, 0.05) is 0 Å². The van der Waals surface area contributed by atoms with E-state index in [1.54, 1.807) is 31.5 Å². The molecule has 134 valence electrons. The second-order valence-corrected chi connectivity index (χ2v) is 5.80. The van der Waals surface area contributed by atoms with Crippen LogP contribution in [-0.2, 0) is 11.2 Å². The lowest BCUT2D eigenvalue weighted by Crippen LogP contribution is -2.20. The molecule has 0 radical (unpaired) electrons. The first-order valence-corrected chi connectivity index (χ1v) is 8.16. The zero-order chi connectivity index (χ0) is 18.9. The van der Waals surface area contributed by atoms with Gasteiger partial charge in [-0.3, -0.25) is 4.79 Å². The average molecular weight is 350 g/mol. The lowest BCUT2D eigenvalue weighted by molar-refractivity contribution is -0.120. The molecule has 5 heteroatoms. The number of methoxy groups -OCH3 is 1. The Hall–Kier alpha value is -3.26. The smallest absolute Gasteiger partial charge is 0.244 e. The van der Waals surface area contributed by atoms with E-state index in [0.29, 0.717) is 11.5 Å². The van der Waals surface area contributed by atoms with Crippen molar-refractivity contribution in [1.82, 2.24) is 5.43 Å². The van der Waals surface area contributed by atoms with Crippen LogP contribution in [0.25, 0.3) is 0 Å². The van der Waals surface area contributed by atoms with Crippen LogP contribution in [0.2, 0.25) is 0 Å². The summed E-state index contributed by atoms with van der Waals surface area (Å²) < 4.78 is 10.7. The van der Waals surface area contributed by atoms with Crippen molar-refractivity contribution >= 4 is 12.1 Å². The van der Waals surface area contributed by atoms with E-state index >= 15 is 0 Å². The minimum absolute atomic E-state index is 0.165. The number of terminal acetylenes is 1. The van der Waals surface area contributed by atoms with Crippen molar-refractivity contribution in [3.05, 3.63) is 58.7 Å². The molecule has 0 spiro atoms. The molecule has 1 amide bonds. The van der Waals surface area contributed by atoms with E-state index in [1.807, 2.05) is 26.0 Å². The Labute approximate surface area is 154 Å². The molecular weight excluding hydrogens is 328 g/mol. The molecule has 0 aliphatic heterocycles. The Morgan fingerprint density at radius 3 is 2.73 bits per heavy atom. The molecule has 0 aromatic heterocycles. The summed E-state index contributed by atoms with van der Waals surface area (Å²) in [5.74, 6) is 3.34. The number of amides is 1. The van der Waals surface area contributed by atoms with Crippen LogP contribution in [0.5, 0.6) is 11.5 Å².